The van der Waals surface area contributed by atoms with Crippen LogP contribution in [0, 0.1) is 0 Å². The fourth-order valence-corrected chi connectivity index (χ4v) is 0.870. The lowest BCUT2D eigenvalue weighted by atomic mass is 10.1. The Labute approximate surface area is 93.7 Å². The maximum absolute atomic E-state index is 11.2. The molecule has 0 fully saturated rings. The van der Waals surface area contributed by atoms with Crippen molar-refractivity contribution in [2.75, 3.05) is 13.2 Å². The Kier molecular flexibility index (Phi) is 3.89. The van der Waals surface area contributed by atoms with Crippen LogP contribution in [-0.2, 0) is 4.74 Å². The van der Waals surface area contributed by atoms with E-state index in [1.54, 1.807) is 6.92 Å². The molecule has 1 heterocycles. The number of nitrogens with two attached hydrogens (primary N) is 1. The van der Waals surface area contributed by atoms with Crippen molar-refractivity contribution in [1.29, 1.82) is 0 Å². The van der Waals surface area contributed by atoms with Crippen molar-refractivity contribution in [1.82, 2.24) is 4.98 Å². The van der Waals surface area contributed by atoms with Gasteiger partial charge in [0.05, 0.1) is 6.61 Å². The lowest BCUT2D eigenvalue weighted by Crippen LogP contribution is -2.38. The Balaban J connectivity index is 2.55. The Morgan fingerprint density at radius 3 is 2.88 bits per heavy atom. The van der Waals surface area contributed by atoms with E-state index < -0.39 is 11.5 Å². The van der Waals surface area contributed by atoms with Gasteiger partial charge in [0, 0.05) is 5.54 Å². The SMILES string of the molecule is CCOC(=O)c1coc(OCC(C)(C)N)n1. The van der Waals surface area contributed by atoms with Crippen molar-refractivity contribution >= 4 is 5.97 Å². The molecule has 6 nitrogen and oxygen atoms in total. The molecule has 1 aromatic heterocycles. The van der Waals surface area contributed by atoms with E-state index in [0.29, 0.717) is 0 Å². The first kappa shape index (κ1) is 12.5. The van der Waals surface area contributed by atoms with E-state index in [-0.39, 0.29) is 25.0 Å². The van der Waals surface area contributed by atoms with Crippen LogP contribution in [0.15, 0.2) is 10.7 Å². The van der Waals surface area contributed by atoms with E-state index in [1.807, 2.05) is 13.8 Å². The van der Waals surface area contributed by atoms with Crippen LogP contribution in [0.2, 0.25) is 0 Å². The number of carbonyl (C=O) groups excluding carboxylic acids is 1. The monoisotopic (exact) mass is 228 g/mol. The summed E-state index contributed by atoms with van der Waals surface area (Å²) in [5.41, 5.74) is 5.31. The van der Waals surface area contributed by atoms with E-state index >= 15 is 0 Å². The molecule has 0 amide bonds. The highest BCUT2D eigenvalue weighted by Crippen LogP contribution is 2.12. The molecule has 90 valence electrons. The lowest BCUT2D eigenvalue weighted by Gasteiger charge is -2.16. The zero-order valence-corrected chi connectivity index (χ0v) is 9.65. The number of aromatic nitrogens is 1. The second-order valence-corrected chi connectivity index (χ2v) is 4.00. The molecule has 0 aliphatic rings. The summed E-state index contributed by atoms with van der Waals surface area (Å²) < 4.78 is 14.9. The third kappa shape index (κ3) is 3.90. The van der Waals surface area contributed by atoms with Gasteiger partial charge >= 0.3 is 12.0 Å². The van der Waals surface area contributed by atoms with Crippen molar-refractivity contribution in [2.45, 2.75) is 26.3 Å². The minimum atomic E-state index is -0.534. The molecule has 16 heavy (non-hydrogen) atoms. The third-order valence-electron chi connectivity index (χ3n) is 1.54. The largest absolute Gasteiger partial charge is 0.461 e. The average molecular weight is 228 g/mol. The summed E-state index contributed by atoms with van der Waals surface area (Å²) in [6.07, 6.45) is 1.21. The van der Waals surface area contributed by atoms with Gasteiger partial charge in [-0.1, -0.05) is 0 Å². The zero-order chi connectivity index (χ0) is 12.2. The second-order valence-electron chi connectivity index (χ2n) is 4.00. The summed E-state index contributed by atoms with van der Waals surface area (Å²) in [7, 11) is 0. The van der Waals surface area contributed by atoms with E-state index in [9.17, 15) is 4.79 Å². The van der Waals surface area contributed by atoms with Crippen LogP contribution < -0.4 is 10.5 Å². The number of rotatable bonds is 5. The predicted octanol–water partition coefficient (Wildman–Crippen LogP) is 0.967. The van der Waals surface area contributed by atoms with Crippen LogP contribution in [0.25, 0.3) is 0 Å². The molecule has 0 aliphatic heterocycles. The maximum atomic E-state index is 11.2. The highest BCUT2D eigenvalue weighted by atomic mass is 16.6. The van der Waals surface area contributed by atoms with Gasteiger partial charge in [-0.05, 0) is 20.8 Å². The Morgan fingerprint density at radius 1 is 1.62 bits per heavy atom. The molecule has 0 spiro atoms. The minimum absolute atomic E-state index is 0.0154. The van der Waals surface area contributed by atoms with Crippen molar-refractivity contribution in [3.05, 3.63) is 12.0 Å². The number of ether oxygens (including phenoxy) is 2. The standard InChI is InChI=1S/C10H16N2O4/c1-4-14-8(13)7-5-15-9(12-7)16-6-10(2,3)11/h5H,4,6,11H2,1-3H3. The van der Waals surface area contributed by atoms with E-state index in [2.05, 4.69) is 4.98 Å². The Morgan fingerprint density at radius 2 is 2.31 bits per heavy atom. The van der Waals surface area contributed by atoms with E-state index in [1.165, 1.54) is 6.26 Å². The molecule has 0 aromatic carbocycles. The molecule has 0 radical (unpaired) electrons. The van der Waals surface area contributed by atoms with Crippen molar-refractivity contribution < 1.29 is 18.7 Å². The van der Waals surface area contributed by atoms with Gasteiger partial charge in [-0.2, -0.15) is 4.98 Å². The predicted molar refractivity (Wildman–Crippen MR) is 56.2 cm³/mol. The molecule has 1 rings (SSSR count). The van der Waals surface area contributed by atoms with Gasteiger partial charge in [-0.15, -0.1) is 0 Å². The fourth-order valence-electron chi connectivity index (χ4n) is 0.870. The smallest absolute Gasteiger partial charge is 0.394 e. The van der Waals surface area contributed by atoms with Crippen LogP contribution in [0.4, 0.5) is 0 Å². The van der Waals surface area contributed by atoms with Crippen LogP contribution in [0.1, 0.15) is 31.3 Å². The van der Waals surface area contributed by atoms with E-state index in [0.717, 1.165) is 0 Å². The number of nitrogens with zero attached hydrogens (tertiary/aromatic N) is 1. The maximum Gasteiger partial charge on any atom is 0.394 e. The molecule has 0 atom stereocenters. The number of hydrogen-bond acceptors (Lipinski definition) is 6. The lowest BCUT2D eigenvalue weighted by molar-refractivity contribution is 0.0519. The highest BCUT2D eigenvalue weighted by Gasteiger charge is 2.17. The topological polar surface area (TPSA) is 87.6 Å². The van der Waals surface area contributed by atoms with Gasteiger partial charge in [0.2, 0.25) is 0 Å². The molecule has 6 heteroatoms. The van der Waals surface area contributed by atoms with Crippen LogP contribution >= 0.6 is 0 Å². The van der Waals surface area contributed by atoms with Gasteiger partial charge in [-0.3, -0.25) is 0 Å². The highest BCUT2D eigenvalue weighted by molar-refractivity contribution is 5.86. The summed E-state index contributed by atoms with van der Waals surface area (Å²) in [5.74, 6) is -0.534. The summed E-state index contributed by atoms with van der Waals surface area (Å²) in [6.45, 7) is 5.87. The summed E-state index contributed by atoms with van der Waals surface area (Å²) in [4.78, 5) is 15.0. The molecule has 0 bridgehead atoms. The summed E-state index contributed by atoms with van der Waals surface area (Å²) in [6, 6.07) is 0. The second kappa shape index (κ2) is 4.98. The van der Waals surface area contributed by atoms with Gasteiger partial charge in [-0.25, -0.2) is 4.79 Å². The first-order valence-electron chi connectivity index (χ1n) is 4.96. The van der Waals surface area contributed by atoms with E-state index in [4.69, 9.17) is 19.6 Å². The van der Waals surface area contributed by atoms with Crippen LogP contribution in [0.3, 0.4) is 0 Å². The molecule has 0 aliphatic carbocycles. The van der Waals surface area contributed by atoms with Gasteiger partial charge < -0.3 is 19.6 Å². The third-order valence-corrected chi connectivity index (χ3v) is 1.54. The number of esters is 1. The van der Waals surface area contributed by atoms with Gasteiger partial charge in [0.1, 0.15) is 12.9 Å². The summed E-state index contributed by atoms with van der Waals surface area (Å²) in [5, 5.41) is 0. The number of hydrogen-bond donors (Lipinski definition) is 1. The van der Waals surface area contributed by atoms with Gasteiger partial charge in [0.25, 0.3) is 0 Å². The molecular formula is C10H16N2O4. The molecule has 0 unspecified atom stereocenters. The van der Waals surface area contributed by atoms with Crippen molar-refractivity contribution in [2.24, 2.45) is 5.73 Å². The van der Waals surface area contributed by atoms with Crippen molar-refractivity contribution in [3.63, 3.8) is 0 Å². The first-order chi connectivity index (χ1) is 7.42. The average Bonchev–Trinajstić information content (AvgIpc) is 2.62. The molecular weight excluding hydrogens is 212 g/mol. The zero-order valence-electron chi connectivity index (χ0n) is 9.65. The first-order valence-corrected chi connectivity index (χ1v) is 4.96. The molecule has 0 saturated heterocycles. The van der Waals surface area contributed by atoms with Crippen LogP contribution in [-0.4, -0.2) is 29.7 Å². The fraction of sp³-hybridized carbons (Fsp3) is 0.600. The van der Waals surface area contributed by atoms with Crippen molar-refractivity contribution in [3.8, 4) is 6.08 Å². The number of carbonyl (C=O) groups is 1. The normalized spacial score (nSPS) is 11.2. The van der Waals surface area contributed by atoms with Gasteiger partial charge in [0.15, 0.2) is 5.69 Å². The molecule has 2 N–H and O–H groups in total. The molecule has 0 saturated carbocycles. The number of oxazole rings is 1. The Hall–Kier alpha value is -1.56. The summed E-state index contributed by atoms with van der Waals surface area (Å²) >= 11 is 0. The minimum Gasteiger partial charge on any atom is -0.461 e. The quantitative estimate of drug-likeness (QED) is 0.755. The molecule has 1 aromatic rings. The van der Waals surface area contributed by atoms with Crippen LogP contribution in [0.5, 0.6) is 6.08 Å². The Bertz CT molecular complexity index is 354.